The van der Waals surface area contributed by atoms with Crippen LogP contribution >= 0.6 is 11.6 Å². The van der Waals surface area contributed by atoms with Crippen molar-refractivity contribution in [1.29, 1.82) is 5.26 Å². The van der Waals surface area contributed by atoms with E-state index in [-0.39, 0.29) is 16.5 Å². The lowest BCUT2D eigenvalue weighted by atomic mass is 10.0. The van der Waals surface area contributed by atoms with Gasteiger partial charge in [0.25, 0.3) is 0 Å². The van der Waals surface area contributed by atoms with Gasteiger partial charge in [0.2, 0.25) is 5.82 Å². The molecule has 0 aliphatic carbocycles. The Balaban J connectivity index is 3.48. The minimum absolute atomic E-state index is 0.00435. The lowest BCUT2D eigenvalue weighted by Gasteiger charge is -2.14. The second-order valence-electron chi connectivity index (χ2n) is 3.18. The van der Waals surface area contributed by atoms with Crippen LogP contribution in [0.5, 0.6) is 11.5 Å². The summed E-state index contributed by atoms with van der Waals surface area (Å²) in [5, 5.41) is 8.94. The van der Waals surface area contributed by atoms with Crippen molar-refractivity contribution >= 4 is 11.6 Å². The summed E-state index contributed by atoms with van der Waals surface area (Å²) in [6, 6.07) is 3.48. The molecule has 0 amide bonds. The molecule has 0 radical (unpaired) electrons. The van der Waals surface area contributed by atoms with Crippen LogP contribution in [0.15, 0.2) is 6.07 Å². The quantitative estimate of drug-likeness (QED) is 0.819. The predicted molar refractivity (Wildman–Crippen MR) is 58.5 cm³/mol. The largest absolute Gasteiger partial charge is 0.493 e. The highest BCUT2D eigenvalue weighted by Gasteiger charge is 2.21. The average molecular weight is 244 g/mol. The van der Waals surface area contributed by atoms with E-state index in [1.54, 1.807) is 6.92 Å². The molecule has 1 atom stereocenters. The summed E-state index contributed by atoms with van der Waals surface area (Å²) in [6.07, 6.45) is 0. The van der Waals surface area contributed by atoms with Crippen molar-refractivity contribution in [3.05, 3.63) is 22.5 Å². The van der Waals surface area contributed by atoms with Gasteiger partial charge < -0.3 is 9.47 Å². The molecule has 16 heavy (non-hydrogen) atoms. The molecule has 0 N–H and O–H groups in total. The van der Waals surface area contributed by atoms with Crippen LogP contribution < -0.4 is 9.47 Å². The number of rotatable bonds is 3. The van der Waals surface area contributed by atoms with Gasteiger partial charge in [-0.1, -0.05) is 11.6 Å². The van der Waals surface area contributed by atoms with E-state index in [1.807, 2.05) is 6.07 Å². The van der Waals surface area contributed by atoms with E-state index in [9.17, 15) is 4.39 Å². The molecule has 1 aromatic rings. The first-order valence-electron chi connectivity index (χ1n) is 4.56. The summed E-state index contributed by atoms with van der Waals surface area (Å²) in [5.41, 5.74) is 0.410. The molecule has 0 saturated carbocycles. The van der Waals surface area contributed by atoms with Gasteiger partial charge >= 0.3 is 0 Å². The fraction of sp³-hybridized carbons (Fsp3) is 0.364. The minimum atomic E-state index is -0.686. The molecular weight excluding hydrogens is 233 g/mol. The van der Waals surface area contributed by atoms with E-state index >= 15 is 0 Å². The highest BCUT2D eigenvalue weighted by atomic mass is 35.5. The van der Waals surface area contributed by atoms with Crippen LogP contribution in [0.1, 0.15) is 18.4 Å². The van der Waals surface area contributed by atoms with E-state index in [4.69, 9.17) is 26.3 Å². The molecule has 0 aliphatic rings. The van der Waals surface area contributed by atoms with Crippen LogP contribution in [0.2, 0.25) is 5.02 Å². The Hall–Kier alpha value is -1.47. The Labute approximate surface area is 98.3 Å². The summed E-state index contributed by atoms with van der Waals surface area (Å²) >= 11 is 5.83. The third-order valence-corrected chi connectivity index (χ3v) is 2.51. The minimum Gasteiger partial charge on any atom is -0.493 e. The maximum atomic E-state index is 13.8. The van der Waals surface area contributed by atoms with Gasteiger partial charge in [-0.3, -0.25) is 0 Å². The maximum absolute atomic E-state index is 13.8. The third kappa shape index (κ3) is 2.05. The first-order valence-corrected chi connectivity index (χ1v) is 4.94. The molecule has 0 bridgehead atoms. The molecule has 0 spiro atoms. The van der Waals surface area contributed by atoms with Crippen LogP contribution in [0.3, 0.4) is 0 Å². The van der Waals surface area contributed by atoms with Crippen molar-refractivity contribution in [2.24, 2.45) is 0 Å². The van der Waals surface area contributed by atoms with Crippen LogP contribution in [0, 0.1) is 17.1 Å². The van der Waals surface area contributed by atoms with Crippen molar-refractivity contribution in [2.45, 2.75) is 12.8 Å². The maximum Gasteiger partial charge on any atom is 0.208 e. The standard InChI is InChI=1S/C11H11ClFNO2/c1-6(5-14)7-4-8(12)11(16-3)9(13)10(7)15-2/h4,6H,1-3H3. The van der Waals surface area contributed by atoms with Gasteiger partial charge in [-0.25, -0.2) is 0 Å². The van der Waals surface area contributed by atoms with Gasteiger partial charge in [0.05, 0.1) is 31.2 Å². The Morgan fingerprint density at radius 2 is 1.94 bits per heavy atom. The van der Waals surface area contributed by atoms with Gasteiger partial charge in [-0.15, -0.1) is 0 Å². The molecule has 0 heterocycles. The molecule has 0 aliphatic heterocycles. The number of halogens is 2. The predicted octanol–water partition coefficient (Wildman–Crippen LogP) is 3.12. The Morgan fingerprint density at radius 1 is 1.38 bits per heavy atom. The summed E-state index contributed by atoms with van der Waals surface area (Å²) in [7, 11) is 2.65. The molecule has 1 aromatic carbocycles. The lowest BCUT2D eigenvalue weighted by molar-refractivity contribution is 0.347. The van der Waals surface area contributed by atoms with E-state index in [2.05, 4.69) is 0 Å². The number of methoxy groups -OCH3 is 2. The zero-order valence-electron chi connectivity index (χ0n) is 9.17. The fourth-order valence-corrected chi connectivity index (χ4v) is 1.67. The van der Waals surface area contributed by atoms with Gasteiger partial charge in [-0.2, -0.15) is 9.65 Å². The molecule has 1 unspecified atom stereocenters. The van der Waals surface area contributed by atoms with E-state index in [0.29, 0.717) is 5.56 Å². The Morgan fingerprint density at radius 3 is 2.38 bits per heavy atom. The van der Waals surface area contributed by atoms with Crippen molar-refractivity contribution in [3.8, 4) is 17.6 Å². The molecule has 0 saturated heterocycles. The van der Waals surface area contributed by atoms with Crippen molar-refractivity contribution in [2.75, 3.05) is 14.2 Å². The number of hydrogen-bond donors (Lipinski definition) is 0. The molecular formula is C11H11ClFNO2. The van der Waals surface area contributed by atoms with Crippen molar-refractivity contribution in [3.63, 3.8) is 0 Å². The second kappa shape index (κ2) is 5.04. The number of nitrogens with zero attached hydrogens (tertiary/aromatic N) is 1. The second-order valence-corrected chi connectivity index (χ2v) is 3.59. The molecule has 3 nitrogen and oxygen atoms in total. The van der Waals surface area contributed by atoms with Crippen LogP contribution in [-0.2, 0) is 0 Å². The zero-order chi connectivity index (χ0) is 12.3. The summed E-state index contributed by atoms with van der Waals surface area (Å²) in [5.74, 6) is -1.27. The average Bonchev–Trinajstić information content (AvgIpc) is 2.28. The molecule has 86 valence electrons. The number of benzene rings is 1. The highest BCUT2D eigenvalue weighted by Crippen LogP contribution is 2.39. The van der Waals surface area contributed by atoms with Crippen molar-refractivity contribution in [1.82, 2.24) is 0 Å². The molecule has 5 heteroatoms. The van der Waals surface area contributed by atoms with Gasteiger partial charge in [0, 0.05) is 5.56 Å². The zero-order valence-corrected chi connectivity index (χ0v) is 9.93. The van der Waals surface area contributed by atoms with E-state index in [0.717, 1.165) is 0 Å². The highest BCUT2D eigenvalue weighted by molar-refractivity contribution is 6.32. The fourth-order valence-electron chi connectivity index (χ4n) is 1.39. The number of nitriles is 1. The third-order valence-electron chi connectivity index (χ3n) is 2.23. The van der Waals surface area contributed by atoms with E-state index < -0.39 is 11.7 Å². The Bertz CT molecular complexity index is 443. The van der Waals surface area contributed by atoms with Gasteiger partial charge in [-0.05, 0) is 13.0 Å². The van der Waals surface area contributed by atoms with Crippen LogP contribution in [-0.4, -0.2) is 14.2 Å². The smallest absolute Gasteiger partial charge is 0.208 e. The number of ether oxygens (including phenoxy) is 2. The lowest BCUT2D eigenvalue weighted by Crippen LogP contribution is -2.01. The van der Waals surface area contributed by atoms with Crippen molar-refractivity contribution < 1.29 is 13.9 Å². The number of hydrogen-bond acceptors (Lipinski definition) is 3. The summed E-state index contributed by atoms with van der Waals surface area (Å²) in [4.78, 5) is 0. The summed E-state index contributed by atoms with van der Waals surface area (Å²) in [6.45, 7) is 1.64. The van der Waals surface area contributed by atoms with Crippen LogP contribution in [0.25, 0.3) is 0 Å². The molecule has 1 rings (SSSR count). The molecule has 0 aromatic heterocycles. The summed E-state index contributed by atoms with van der Waals surface area (Å²) < 4.78 is 23.6. The normalized spacial score (nSPS) is 11.8. The monoisotopic (exact) mass is 243 g/mol. The SMILES string of the molecule is COc1c(Cl)cc(C(C)C#N)c(OC)c1F. The topological polar surface area (TPSA) is 42.2 Å². The van der Waals surface area contributed by atoms with Gasteiger partial charge in [0.15, 0.2) is 11.5 Å². The first kappa shape index (κ1) is 12.6. The Kier molecular flexibility index (Phi) is 3.97. The first-order chi connectivity index (χ1) is 7.56. The van der Waals surface area contributed by atoms with Gasteiger partial charge in [0.1, 0.15) is 0 Å². The molecule has 0 fully saturated rings. The van der Waals surface area contributed by atoms with Crippen LogP contribution in [0.4, 0.5) is 4.39 Å². The van der Waals surface area contributed by atoms with E-state index in [1.165, 1.54) is 20.3 Å².